The molecule has 0 unspecified atom stereocenters. The number of hydrogen-bond acceptors (Lipinski definition) is 6. The molecule has 0 radical (unpaired) electrons. The van der Waals surface area contributed by atoms with E-state index in [1.54, 1.807) is 25.9 Å². The first-order valence-electron chi connectivity index (χ1n) is 6.44. The summed E-state index contributed by atoms with van der Waals surface area (Å²) in [7, 11) is 3.38. The molecule has 0 spiro atoms. The van der Waals surface area contributed by atoms with Gasteiger partial charge in [0.25, 0.3) is 5.91 Å². The second-order valence-corrected chi connectivity index (χ2v) is 7.22. The van der Waals surface area contributed by atoms with Gasteiger partial charge >= 0.3 is 0 Å². The molecule has 2 aliphatic heterocycles. The SMILES string of the molecule is CCN1C(=C2SC(=S)N(C)C2=O)Sc2ccc(OC)cc21. The van der Waals surface area contributed by atoms with Crippen LogP contribution in [0.25, 0.3) is 0 Å². The highest BCUT2D eigenvalue weighted by Gasteiger charge is 2.37. The molecule has 0 atom stereocenters. The molecule has 7 heteroatoms. The fraction of sp³-hybridized carbons (Fsp3) is 0.286. The third kappa shape index (κ3) is 2.33. The molecule has 4 nitrogen and oxygen atoms in total. The number of nitrogens with zero attached hydrogens (tertiary/aromatic N) is 2. The number of thioether (sulfide) groups is 2. The topological polar surface area (TPSA) is 32.8 Å². The van der Waals surface area contributed by atoms with Gasteiger partial charge in [-0.25, -0.2) is 0 Å². The minimum Gasteiger partial charge on any atom is -0.497 e. The van der Waals surface area contributed by atoms with Crippen LogP contribution in [0.1, 0.15) is 6.92 Å². The van der Waals surface area contributed by atoms with Crippen molar-refractivity contribution in [3.63, 3.8) is 0 Å². The third-order valence-corrected chi connectivity index (χ3v) is 6.24. The van der Waals surface area contributed by atoms with Crippen LogP contribution in [0.3, 0.4) is 0 Å². The molecule has 3 rings (SSSR count). The summed E-state index contributed by atoms with van der Waals surface area (Å²) in [6.07, 6.45) is 0. The van der Waals surface area contributed by atoms with E-state index in [9.17, 15) is 4.79 Å². The fourth-order valence-corrected chi connectivity index (χ4v) is 4.78. The van der Waals surface area contributed by atoms with Crippen molar-refractivity contribution in [1.29, 1.82) is 0 Å². The lowest BCUT2D eigenvalue weighted by molar-refractivity contribution is -0.121. The van der Waals surface area contributed by atoms with Crippen molar-refractivity contribution in [2.75, 3.05) is 25.6 Å². The van der Waals surface area contributed by atoms with Crippen molar-refractivity contribution in [3.05, 3.63) is 28.1 Å². The average molecular weight is 338 g/mol. The van der Waals surface area contributed by atoms with Gasteiger partial charge in [-0.3, -0.25) is 9.69 Å². The van der Waals surface area contributed by atoms with E-state index >= 15 is 0 Å². The first kappa shape index (κ1) is 14.7. The van der Waals surface area contributed by atoms with Crippen LogP contribution < -0.4 is 9.64 Å². The largest absolute Gasteiger partial charge is 0.497 e. The first-order valence-corrected chi connectivity index (χ1v) is 8.48. The molecule has 1 saturated heterocycles. The van der Waals surface area contributed by atoms with Crippen LogP contribution in [-0.4, -0.2) is 35.8 Å². The van der Waals surface area contributed by atoms with Crippen LogP contribution in [0.15, 0.2) is 33.0 Å². The molecule has 2 heterocycles. The monoisotopic (exact) mass is 338 g/mol. The maximum Gasteiger partial charge on any atom is 0.268 e. The quantitative estimate of drug-likeness (QED) is 0.608. The zero-order valence-corrected chi connectivity index (χ0v) is 14.3. The fourth-order valence-electron chi connectivity index (χ4n) is 2.24. The van der Waals surface area contributed by atoms with E-state index in [-0.39, 0.29) is 5.91 Å². The number of ether oxygens (including phenoxy) is 1. The molecule has 2 aliphatic rings. The van der Waals surface area contributed by atoms with Gasteiger partial charge in [0.2, 0.25) is 0 Å². The minimum atomic E-state index is -0.0225. The van der Waals surface area contributed by atoms with Gasteiger partial charge in [0, 0.05) is 24.6 Å². The van der Waals surface area contributed by atoms with Gasteiger partial charge in [0.05, 0.1) is 12.8 Å². The zero-order valence-electron chi connectivity index (χ0n) is 11.9. The highest BCUT2D eigenvalue weighted by Crippen LogP contribution is 2.51. The van der Waals surface area contributed by atoms with Gasteiger partial charge in [-0.1, -0.05) is 35.7 Å². The molecule has 0 saturated carbocycles. The smallest absolute Gasteiger partial charge is 0.268 e. The lowest BCUT2D eigenvalue weighted by Crippen LogP contribution is -2.24. The van der Waals surface area contributed by atoms with E-state index in [1.165, 1.54) is 16.7 Å². The highest BCUT2D eigenvalue weighted by molar-refractivity contribution is 8.27. The Balaban J connectivity index is 2.07. The van der Waals surface area contributed by atoms with Gasteiger partial charge in [-0.15, -0.1) is 0 Å². The number of amides is 1. The highest BCUT2D eigenvalue weighted by atomic mass is 32.2. The molecule has 1 aromatic rings. The van der Waals surface area contributed by atoms with Crippen LogP contribution >= 0.6 is 35.7 Å². The maximum absolute atomic E-state index is 12.3. The molecule has 1 fully saturated rings. The van der Waals surface area contributed by atoms with Gasteiger partial charge in [0.15, 0.2) is 0 Å². The number of carbonyl (C=O) groups is 1. The van der Waals surface area contributed by atoms with E-state index in [0.717, 1.165) is 27.9 Å². The number of thiocarbonyl (C=S) groups is 1. The molecule has 0 aliphatic carbocycles. The van der Waals surface area contributed by atoms with Crippen LogP contribution in [0.2, 0.25) is 0 Å². The summed E-state index contributed by atoms with van der Waals surface area (Å²) in [4.78, 5) is 17.9. The summed E-state index contributed by atoms with van der Waals surface area (Å²) >= 11 is 8.21. The lowest BCUT2D eigenvalue weighted by Gasteiger charge is -2.19. The predicted octanol–water partition coefficient (Wildman–Crippen LogP) is 3.29. The van der Waals surface area contributed by atoms with Crippen LogP contribution in [0.5, 0.6) is 5.75 Å². The van der Waals surface area contributed by atoms with Gasteiger partial charge in [-0.2, -0.15) is 0 Å². The normalized spacial score (nSPS) is 21.3. The minimum absolute atomic E-state index is 0.0225. The van der Waals surface area contributed by atoms with Gasteiger partial charge in [0.1, 0.15) is 20.0 Å². The van der Waals surface area contributed by atoms with Crippen LogP contribution in [0.4, 0.5) is 5.69 Å². The molecule has 110 valence electrons. The van der Waals surface area contributed by atoms with E-state index in [0.29, 0.717) is 9.23 Å². The van der Waals surface area contributed by atoms with E-state index in [1.807, 2.05) is 18.2 Å². The van der Waals surface area contributed by atoms with Gasteiger partial charge < -0.3 is 9.64 Å². The Morgan fingerprint density at radius 2 is 2.10 bits per heavy atom. The average Bonchev–Trinajstić information content (AvgIpc) is 2.98. The number of rotatable bonds is 2. The van der Waals surface area contributed by atoms with Crippen molar-refractivity contribution in [2.24, 2.45) is 0 Å². The molecular weight excluding hydrogens is 324 g/mol. The Labute approximate surface area is 137 Å². The van der Waals surface area contributed by atoms with E-state index in [2.05, 4.69) is 11.8 Å². The number of benzene rings is 1. The number of carbonyl (C=O) groups excluding carboxylic acids is 1. The Bertz CT molecular complexity index is 672. The number of hydrogen-bond donors (Lipinski definition) is 0. The molecule has 1 aromatic carbocycles. The molecular formula is C14H14N2O2S3. The number of methoxy groups -OCH3 is 1. The van der Waals surface area contributed by atoms with Crippen molar-refractivity contribution in [1.82, 2.24) is 4.90 Å². The third-order valence-electron chi connectivity index (χ3n) is 3.38. The molecule has 0 aromatic heterocycles. The van der Waals surface area contributed by atoms with Crippen LogP contribution in [0, 0.1) is 0 Å². The number of likely N-dealkylation sites (N-methyl/N-ethyl adjacent to an activating group) is 1. The second kappa shape index (κ2) is 5.55. The van der Waals surface area contributed by atoms with E-state index in [4.69, 9.17) is 17.0 Å². The second-order valence-electron chi connectivity index (χ2n) is 4.55. The predicted molar refractivity (Wildman–Crippen MR) is 91.9 cm³/mol. The molecule has 21 heavy (non-hydrogen) atoms. The first-order chi connectivity index (χ1) is 10.1. The van der Waals surface area contributed by atoms with Crippen molar-refractivity contribution in [3.8, 4) is 5.75 Å². The number of anilines is 1. The Morgan fingerprint density at radius 3 is 2.67 bits per heavy atom. The zero-order chi connectivity index (χ0) is 15.1. The van der Waals surface area contributed by atoms with Crippen molar-refractivity contribution >= 4 is 51.7 Å². The summed E-state index contributed by atoms with van der Waals surface area (Å²) in [6, 6.07) is 5.97. The lowest BCUT2D eigenvalue weighted by atomic mass is 10.2. The standard InChI is InChI=1S/C14H14N2O2S3/c1-4-16-9-7-8(18-3)5-6-10(9)20-13(16)11-12(17)15(2)14(19)21-11/h5-7H,4H2,1-3H3. The Morgan fingerprint density at radius 1 is 1.33 bits per heavy atom. The van der Waals surface area contributed by atoms with Crippen molar-refractivity contribution < 1.29 is 9.53 Å². The maximum atomic E-state index is 12.3. The summed E-state index contributed by atoms with van der Waals surface area (Å²) in [5.41, 5.74) is 1.08. The summed E-state index contributed by atoms with van der Waals surface area (Å²) < 4.78 is 5.90. The molecule has 0 bridgehead atoms. The Hall–Kier alpha value is -1.18. The van der Waals surface area contributed by atoms with Crippen LogP contribution in [-0.2, 0) is 4.79 Å². The van der Waals surface area contributed by atoms with Gasteiger partial charge in [-0.05, 0) is 19.1 Å². The summed E-state index contributed by atoms with van der Waals surface area (Å²) in [5, 5.41) is 0.961. The summed E-state index contributed by atoms with van der Waals surface area (Å²) in [5.74, 6) is 0.794. The Kier molecular flexibility index (Phi) is 3.90. The molecule has 1 amide bonds. The number of fused-ring (bicyclic) bond motifs is 1. The molecule has 0 N–H and O–H groups in total. The van der Waals surface area contributed by atoms with Crippen molar-refractivity contribution in [2.45, 2.75) is 11.8 Å². The van der Waals surface area contributed by atoms with E-state index < -0.39 is 0 Å². The summed E-state index contributed by atoms with van der Waals surface area (Å²) in [6.45, 7) is 2.86.